The van der Waals surface area contributed by atoms with Gasteiger partial charge in [-0.05, 0) is 18.6 Å². The van der Waals surface area contributed by atoms with Crippen LogP contribution in [0, 0.1) is 0 Å². The normalized spacial score (nSPS) is 14.8. The van der Waals surface area contributed by atoms with E-state index in [0.29, 0.717) is 18.7 Å². The zero-order chi connectivity index (χ0) is 12.0. The molecule has 0 saturated heterocycles. The van der Waals surface area contributed by atoms with E-state index in [9.17, 15) is 9.90 Å². The van der Waals surface area contributed by atoms with Crippen LogP contribution in [-0.4, -0.2) is 34.2 Å². The SMILES string of the molecule is CCCCCCN1CC(C(=O)O)=CC=C1O.Cl. The summed E-state index contributed by atoms with van der Waals surface area (Å²) in [4.78, 5) is 12.5. The van der Waals surface area contributed by atoms with Crippen LogP contribution in [0.4, 0.5) is 0 Å². The Morgan fingerprint density at radius 3 is 2.65 bits per heavy atom. The Bertz CT molecular complexity index is 313. The lowest BCUT2D eigenvalue weighted by Crippen LogP contribution is -2.30. The van der Waals surface area contributed by atoms with Gasteiger partial charge in [0.2, 0.25) is 0 Å². The lowest BCUT2D eigenvalue weighted by atomic mass is 10.1. The molecular weight excluding hydrogens is 242 g/mol. The van der Waals surface area contributed by atoms with Gasteiger partial charge < -0.3 is 15.1 Å². The average molecular weight is 262 g/mol. The highest BCUT2D eigenvalue weighted by Gasteiger charge is 2.18. The fourth-order valence-electron chi connectivity index (χ4n) is 1.68. The predicted octanol–water partition coefficient (Wildman–Crippen LogP) is 2.71. The van der Waals surface area contributed by atoms with Gasteiger partial charge in [0.25, 0.3) is 0 Å². The number of carboxylic acids is 1. The standard InChI is InChI=1S/C12H19NO3.ClH/c1-2-3-4-5-8-13-9-10(12(15)16)6-7-11(13)14;/h6-7,14H,2-5,8-9H2,1H3,(H,15,16);1H. The first-order chi connectivity index (χ1) is 7.65. The molecule has 4 nitrogen and oxygen atoms in total. The van der Waals surface area contributed by atoms with E-state index in [0.717, 1.165) is 12.8 Å². The van der Waals surface area contributed by atoms with Crippen molar-refractivity contribution >= 4 is 18.4 Å². The Morgan fingerprint density at radius 1 is 1.35 bits per heavy atom. The van der Waals surface area contributed by atoms with E-state index in [-0.39, 0.29) is 18.3 Å². The van der Waals surface area contributed by atoms with Crippen LogP contribution in [0.5, 0.6) is 0 Å². The van der Waals surface area contributed by atoms with Gasteiger partial charge in [-0.15, -0.1) is 12.4 Å². The van der Waals surface area contributed by atoms with E-state index < -0.39 is 5.97 Å². The zero-order valence-electron chi connectivity index (χ0n) is 10.1. The van der Waals surface area contributed by atoms with Crippen molar-refractivity contribution in [1.29, 1.82) is 0 Å². The van der Waals surface area contributed by atoms with Crippen molar-refractivity contribution in [2.24, 2.45) is 0 Å². The molecule has 0 spiro atoms. The topological polar surface area (TPSA) is 60.8 Å². The molecule has 0 aromatic carbocycles. The van der Waals surface area contributed by atoms with Crippen molar-refractivity contribution in [3.8, 4) is 0 Å². The van der Waals surface area contributed by atoms with Crippen LogP contribution in [0.2, 0.25) is 0 Å². The van der Waals surface area contributed by atoms with Crippen molar-refractivity contribution in [2.75, 3.05) is 13.1 Å². The lowest BCUT2D eigenvalue weighted by Gasteiger charge is -2.26. The summed E-state index contributed by atoms with van der Waals surface area (Å²) >= 11 is 0. The molecule has 5 heteroatoms. The second-order valence-corrected chi connectivity index (χ2v) is 4.00. The van der Waals surface area contributed by atoms with Crippen LogP contribution in [0.15, 0.2) is 23.6 Å². The number of rotatable bonds is 6. The van der Waals surface area contributed by atoms with Gasteiger partial charge in [0.1, 0.15) is 0 Å². The van der Waals surface area contributed by atoms with Crippen molar-refractivity contribution in [2.45, 2.75) is 32.6 Å². The second-order valence-electron chi connectivity index (χ2n) is 4.00. The summed E-state index contributed by atoms with van der Waals surface area (Å²) in [6.45, 7) is 3.15. The summed E-state index contributed by atoms with van der Waals surface area (Å²) in [5, 5.41) is 18.4. The van der Waals surface area contributed by atoms with Crippen LogP contribution in [-0.2, 0) is 4.79 Å². The van der Waals surface area contributed by atoms with Gasteiger partial charge in [0.15, 0.2) is 5.88 Å². The highest BCUT2D eigenvalue weighted by atomic mass is 35.5. The molecule has 0 aromatic rings. The number of aliphatic hydroxyl groups excluding tert-OH is 1. The summed E-state index contributed by atoms with van der Waals surface area (Å²) in [5.74, 6) is -0.746. The van der Waals surface area contributed by atoms with Crippen LogP contribution in [0.3, 0.4) is 0 Å². The first-order valence-corrected chi connectivity index (χ1v) is 5.73. The first kappa shape index (κ1) is 15.8. The monoisotopic (exact) mass is 261 g/mol. The number of allylic oxidation sites excluding steroid dienone is 2. The fourth-order valence-corrected chi connectivity index (χ4v) is 1.68. The van der Waals surface area contributed by atoms with E-state index in [1.807, 2.05) is 0 Å². The molecule has 0 aromatic heterocycles. The number of unbranched alkanes of at least 4 members (excludes halogenated alkanes) is 3. The number of hydrogen-bond acceptors (Lipinski definition) is 3. The molecule has 0 atom stereocenters. The zero-order valence-corrected chi connectivity index (χ0v) is 10.9. The Labute approximate surface area is 108 Å². The minimum Gasteiger partial charge on any atom is -0.495 e. The van der Waals surface area contributed by atoms with Gasteiger partial charge in [-0.2, -0.15) is 0 Å². The molecule has 1 heterocycles. The minimum absolute atomic E-state index is 0. The first-order valence-electron chi connectivity index (χ1n) is 5.73. The Hall–Kier alpha value is -1.16. The highest BCUT2D eigenvalue weighted by Crippen LogP contribution is 2.14. The largest absolute Gasteiger partial charge is 0.495 e. The summed E-state index contributed by atoms with van der Waals surface area (Å²) in [5.41, 5.74) is 0.327. The van der Waals surface area contributed by atoms with Gasteiger partial charge >= 0.3 is 5.97 Å². The smallest absolute Gasteiger partial charge is 0.333 e. The van der Waals surface area contributed by atoms with Gasteiger partial charge in [-0.25, -0.2) is 4.79 Å². The van der Waals surface area contributed by atoms with Crippen LogP contribution >= 0.6 is 12.4 Å². The van der Waals surface area contributed by atoms with E-state index in [2.05, 4.69) is 6.92 Å². The second kappa shape index (κ2) is 8.01. The quantitative estimate of drug-likeness (QED) is 0.722. The van der Waals surface area contributed by atoms with E-state index in [1.165, 1.54) is 25.0 Å². The molecule has 1 aliphatic heterocycles. The fraction of sp³-hybridized carbons (Fsp3) is 0.583. The number of halogens is 1. The molecule has 17 heavy (non-hydrogen) atoms. The number of aliphatic carboxylic acids is 1. The van der Waals surface area contributed by atoms with Crippen LogP contribution in [0.25, 0.3) is 0 Å². The molecule has 0 amide bonds. The Morgan fingerprint density at radius 2 is 2.06 bits per heavy atom. The van der Waals surface area contributed by atoms with Crippen molar-refractivity contribution in [3.63, 3.8) is 0 Å². The maximum atomic E-state index is 10.8. The van der Waals surface area contributed by atoms with Gasteiger partial charge in [-0.3, -0.25) is 0 Å². The Balaban J connectivity index is 0.00000256. The number of carboxylic acid groups (broad SMARTS) is 1. The molecule has 0 unspecified atom stereocenters. The molecule has 1 rings (SSSR count). The molecule has 0 aliphatic carbocycles. The number of hydrogen-bond donors (Lipinski definition) is 2. The number of nitrogens with zero attached hydrogens (tertiary/aromatic N) is 1. The van der Waals surface area contributed by atoms with E-state index in [1.54, 1.807) is 4.90 Å². The average Bonchev–Trinajstić information content (AvgIpc) is 2.26. The summed E-state index contributed by atoms with van der Waals surface area (Å²) in [6.07, 6.45) is 7.36. The van der Waals surface area contributed by atoms with Crippen LogP contribution in [0.1, 0.15) is 32.6 Å². The molecule has 0 saturated carbocycles. The van der Waals surface area contributed by atoms with Crippen molar-refractivity contribution < 1.29 is 15.0 Å². The molecule has 98 valence electrons. The lowest BCUT2D eigenvalue weighted by molar-refractivity contribution is -0.133. The molecular formula is C12H20ClNO3. The van der Waals surface area contributed by atoms with E-state index >= 15 is 0 Å². The van der Waals surface area contributed by atoms with Gasteiger partial charge in [0.05, 0.1) is 12.1 Å². The third kappa shape index (κ3) is 5.13. The highest BCUT2D eigenvalue weighted by molar-refractivity contribution is 5.87. The third-order valence-electron chi connectivity index (χ3n) is 2.68. The number of aliphatic hydroxyl groups is 1. The Kier molecular flexibility index (Phi) is 7.46. The number of carbonyl (C=O) groups is 1. The van der Waals surface area contributed by atoms with Gasteiger partial charge in [-0.1, -0.05) is 26.2 Å². The van der Waals surface area contributed by atoms with Crippen LogP contribution < -0.4 is 0 Å². The molecule has 0 fully saturated rings. The molecule has 1 aliphatic rings. The molecule has 2 N–H and O–H groups in total. The molecule has 0 bridgehead atoms. The summed E-state index contributed by atoms with van der Waals surface area (Å²) in [6, 6.07) is 0. The maximum Gasteiger partial charge on any atom is 0.333 e. The minimum atomic E-state index is -0.915. The van der Waals surface area contributed by atoms with Crippen molar-refractivity contribution in [3.05, 3.63) is 23.6 Å². The summed E-state index contributed by atoms with van der Waals surface area (Å²) < 4.78 is 0. The van der Waals surface area contributed by atoms with Gasteiger partial charge in [0, 0.05) is 6.54 Å². The predicted molar refractivity (Wildman–Crippen MR) is 69.4 cm³/mol. The maximum absolute atomic E-state index is 10.8. The van der Waals surface area contributed by atoms with E-state index in [4.69, 9.17) is 5.11 Å². The third-order valence-corrected chi connectivity index (χ3v) is 2.68. The van der Waals surface area contributed by atoms with Crippen molar-refractivity contribution in [1.82, 2.24) is 4.90 Å². The molecule has 0 radical (unpaired) electrons. The summed E-state index contributed by atoms with van der Waals surface area (Å²) in [7, 11) is 0.